The van der Waals surface area contributed by atoms with E-state index in [0.717, 1.165) is 22.4 Å². The van der Waals surface area contributed by atoms with E-state index in [-0.39, 0.29) is 17.7 Å². The highest BCUT2D eigenvalue weighted by Crippen LogP contribution is 2.30. The normalized spacial score (nSPS) is 21.5. The van der Waals surface area contributed by atoms with Crippen LogP contribution in [0.25, 0.3) is 0 Å². The molecule has 0 aliphatic carbocycles. The smallest absolute Gasteiger partial charge is 0.164 e. The molecule has 2 unspecified atom stereocenters. The molecule has 2 aromatic rings. The summed E-state index contributed by atoms with van der Waals surface area (Å²) in [6, 6.07) is 15.3. The van der Waals surface area contributed by atoms with E-state index < -0.39 is 0 Å². The fraction of sp³-hybridized carbons (Fsp3) is 0.222. The highest BCUT2D eigenvalue weighted by atomic mass is 35.5. The van der Waals surface area contributed by atoms with Crippen LogP contribution in [0.3, 0.4) is 0 Å². The van der Waals surface area contributed by atoms with Gasteiger partial charge in [-0.25, -0.2) is 0 Å². The topological polar surface area (TPSA) is 29.4 Å². The highest BCUT2D eigenvalue weighted by Gasteiger charge is 2.29. The van der Waals surface area contributed by atoms with Crippen LogP contribution in [0.5, 0.6) is 0 Å². The largest absolute Gasteiger partial charge is 0.297 e. The number of carbonyl (C=O) groups excluding carboxylic acids is 1. The SMILES string of the molecule is CC1N=C(c2ccccc2)c2cc(Cl)ccc2C(C)C1=O. The summed E-state index contributed by atoms with van der Waals surface area (Å²) in [5, 5.41) is 0.659. The third-order valence-electron chi connectivity index (χ3n) is 3.95. The van der Waals surface area contributed by atoms with Crippen molar-refractivity contribution in [2.45, 2.75) is 25.8 Å². The molecule has 0 saturated carbocycles. The van der Waals surface area contributed by atoms with Crippen molar-refractivity contribution in [3.8, 4) is 0 Å². The number of aliphatic imine (C=N–C) groups is 1. The molecule has 2 nitrogen and oxygen atoms in total. The van der Waals surface area contributed by atoms with Crippen LogP contribution in [-0.4, -0.2) is 17.5 Å². The lowest BCUT2D eigenvalue weighted by atomic mass is 9.89. The van der Waals surface area contributed by atoms with E-state index in [9.17, 15) is 4.79 Å². The summed E-state index contributed by atoms with van der Waals surface area (Å²) < 4.78 is 0. The molecule has 21 heavy (non-hydrogen) atoms. The summed E-state index contributed by atoms with van der Waals surface area (Å²) in [5.41, 5.74) is 3.81. The number of benzene rings is 2. The number of rotatable bonds is 1. The summed E-state index contributed by atoms with van der Waals surface area (Å²) >= 11 is 6.16. The highest BCUT2D eigenvalue weighted by molar-refractivity contribution is 6.31. The van der Waals surface area contributed by atoms with Crippen LogP contribution in [-0.2, 0) is 4.79 Å². The van der Waals surface area contributed by atoms with Gasteiger partial charge in [0.2, 0.25) is 0 Å². The van der Waals surface area contributed by atoms with Crippen molar-refractivity contribution in [1.29, 1.82) is 0 Å². The molecular weight excluding hydrogens is 282 g/mol. The zero-order valence-electron chi connectivity index (χ0n) is 12.0. The van der Waals surface area contributed by atoms with Gasteiger partial charge in [0, 0.05) is 22.1 Å². The maximum Gasteiger partial charge on any atom is 0.164 e. The Kier molecular flexibility index (Phi) is 3.64. The van der Waals surface area contributed by atoms with Gasteiger partial charge in [0.15, 0.2) is 5.78 Å². The van der Waals surface area contributed by atoms with Crippen molar-refractivity contribution < 1.29 is 4.79 Å². The number of Topliss-reactive ketones (excluding diaryl/α,β-unsaturated/α-hetero) is 1. The molecular formula is C18H16ClNO. The summed E-state index contributed by atoms with van der Waals surface area (Å²) in [6.07, 6.45) is 0. The fourth-order valence-electron chi connectivity index (χ4n) is 2.78. The van der Waals surface area contributed by atoms with Gasteiger partial charge in [-0.15, -0.1) is 0 Å². The zero-order chi connectivity index (χ0) is 15.0. The van der Waals surface area contributed by atoms with Crippen molar-refractivity contribution in [1.82, 2.24) is 0 Å². The maximum absolute atomic E-state index is 12.4. The van der Waals surface area contributed by atoms with Gasteiger partial charge in [-0.2, -0.15) is 0 Å². The molecule has 0 amide bonds. The lowest BCUT2D eigenvalue weighted by molar-refractivity contribution is -0.120. The van der Waals surface area contributed by atoms with Gasteiger partial charge in [-0.05, 0) is 24.6 Å². The molecule has 1 heterocycles. The third kappa shape index (κ3) is 2.52. The first kappa shape index (κ1) is 14.0. The van der Waals surface area contributed by atoms with Crippen molar-refractivity contribution in [2.24, 2.45) is 4.99 Å². The van der Waals surface area contributed by atoms with Crippen molar-refractivity contribution in [3.63, 3.8) is 0 Å². The Labute approximate surface area is 129 Å². The molecule has 0 bridgehead atoms. The summed E-state index contributed by atoms with van der Waals surface area (Å²) in [7, 11) is 0. The van der Waals surface area contributed by atoms with E-state index in [2.05, 4.69) is 4.99 Å². The minimum absolute atomic E-state index is 0.143. The average molecular weight is 298 g/mol. The number of nitrogens with zero attached hydrogens (tertiary/aromatic N) is 1. The molecule has 0 N–H and O–H groups in total. The minimum Gasteiger partial charge on any atom is -0.297 e. The van der Waals surface area contributed by atoms with Gasteiger partial charge >= 0.3 is 0 Å². The first-order valence-electron chi connectivity index (χ1n) is 7.04. The Balaban J connectivity index is 2.27. The monoisotopic (exact) mass is 297 g/mol. The van der Waals surface area contributed by atoms with E-state index in [0.29, 0.717) is 5.02 Å². The number of carbonyl (C=O) groups is 1. The van der Waals surface area contributed by atoms with Crippen LogP contribution in [0.2, 0.25) is 5.02 Å². The first-order chi connectivity index (χ1) is 10.1. The lowest BCUT2D eigenvalue weighted by Crippen LogP contribution is -2.19. The van der Waals surface area contributed by atoms with E-state index in [1.54, 1.807) is 0 Å². The second-order valence-corrected chi connectivity index (χ2v) is 5.81. The number of hydrogen-bond donors (Lipinski definition) is 0. The Bertz CT molecular complexity index is 721. The fourth-order valence-corrected chi connectivity index (χ4v) is 2.95. The third-order valence-corrected chi connectivity index (χ3v) is 4.18. The number of fused-ring (bicyclic) bond motifs is 1. The maximum atomic E-state index is 12.4. The molecule has 1 aliphatic rings. The van der Waals surface area contributed by atoms with Crippen LogP contribution in [0.4, 0.5) is 0 Å². The number of ketones is 1. The standard InChI is InChI=1S/C18H16ClNO/c1-11-15-9-8-14(19)10-16(15)17(20-12(2)18(11)21)13-6-4-3-5-7-13/h3-12H,1-2H3. The van der Waals surface area contributed by atoms with Crippen molar-refractivity contribution >= 4 is 23.1 Å². The number of halogens is 1. The van der Waals surface area contributed by atoms with Crippen LogP contribution in [0.1, 0.15) is 36.5 Å². The molecule has 2 aromatic carbocycles. The second-order valence-electron chi connectivity index (χ2n) is 5.38. The van der Waals surface area contributed by atoms with Gasteiger partial charge in [0.1, 0.15) is 6.04 Å². The molecule has 3 heteroatoms. The molecule has 106 valence electrons. The Hall–Kier alpha value is -1.93. The van der Waals surface area contributed by atoms with Crippen LogP contribution >= 0.6 is 11.6 Å². The predicted molar refractivity (Wildman–Crippen MR) is 86.4 cm³/mol. The van der Waals surface area contributed by atoms with Crippen LogP contribution in [0.15, 0.2) is 53.5 Å². The summed E-state index contributed by atoms with van der Waals surface area (Å²) in [5.74, 6) is -0.0262. The van der Waals surface area contributed by atoms with E-state index in [4.69, 9.17) is 11.6 Å². The van der Waals surface area contributed by atoms with Crippen LogP contribution in [0, 0.1) is 0 Å². The van der Waals surface area contributed by atoms with Gasteiger partial charge in [0.05, 0.1) is 5.71 Å². The quantitative estimate of drug-likeness (QED) is 0.773. The summed E-state index contributed by atoms with van der Waals surface area (Å²) in [6.45, 7) is 3.80. The van der Waals surface area contributed by atoms with Gasteiger partial charge in [0.25, 0.3) is 0 Å². The van der Waals surface area contributed by atoms with Gasteiger partial charge in [-0.1, -0.05) is 54.9 Å². The molecule has 1 aliphatic heterocycles. The van der Waals surface area contributed by atoms with Crippen LogP contribution < -0.4 is 0 Å². The summed E-state index contributed by atoms with van der Waals surface area (Å²) in [4.78, 5) is 17.1. The molecule has 0 saturated heterocycles. The molecule has 0 radical (unpaired) electrons. The Morgan fingerprint density at radius 1 is 1.05 bits per heavy atom. The Morgan fingerprint density at radius 2 is 1.76 bits per heavy atom. The second kappa shape index (κ2) is 5.45. The molecule has 0 fully saturated rings. The van der Waals surface area contributed by atoms with E-state index in [1.165, 1.54) is 0 Å². The zero-order valence-corrected chi connectivity index (χ0v) is 12.8. The molecule has 0 spiro atoms. The van der Waals surface area contributed by atoms with Crippen molar-refractivity contribution in [2.75, 3.05) is 0 Å². The average Bonchev–Trinajstić information content (AvgIpc) is 2.59. The van der Waals surface area contributed by atoms with E-state index in [1.807, 2.05) is 62.4 Å². The molecule has 0 aromatic heterocycles. The number of hydrogen-bond acceptors (Lipinski definition) is 2. The minimum atomic E-state index is -0.346. The van der Waals surface area contributed by atoms with Crippen molar-refractivity contribution in [3.05, 3.63) is 70.2 Å². The lowest BCUT2D eigenvalue weighted by Gasteiger charge is -2.13. The van der Waals surface area contributed by atoms with Gasteiger partial charge < -0.3 is 0 Å². The van der Waals surface area contributed by atoms with E-state index >= 15 is 0 Å². The molecule has 3 rings (SSSR count). The Morgan fingerprint density at radius 3 is 2.48 bits per heavy atom. The van der Waals surface area contributed by atoms with Gasteiger partial charge in [-0.3, -0.25) is 9.79 Å². The molecule has 2 atom stereocenters. The first-order valence-corrected chi connectivity index (χ1v) is 7.42. The predicted octanol–water partition coefficient (Wildman–Crippen LogP) is 4.25.